The molecule has 2 amide bonds. The minimum Gasteiger partial charge on any atom is -0.464 e. The van der Waals surface area contributed by atoms with Gasteiger partial charge in [-0.3, -0.25) is 19.9 Å². The number of hydrogen-bond acceptors (Lipinski definition) is 5. The average molecular weight is 280 g/mol. The van der Waals surface area contributed by atoms with E-state index in [1.54, 1.807) is 13.0 Å². The molecular formula is C13H20N4O3. The molecule has 0 spiro atoms. The highest BCUT2D eigenvalue weighted by Gasteiger charge is 2.25. The number of nitrogens with two attached hydrogens (primary N) is 2. The van der Waals surface area contributed by atoms with Gasteiger partial charge in [-0.2, -0.15) is 0 Å². The number of primary amides is 1. The quantitative estimate of drug-likeness (QED) is 0.404. The number of carbonyl (C=O) groups excluding carboxylic acids is 2. The summed E-state index contributed by atoms with van der Waals surface area (Å²) in [7, 11) is 0. The summed E-state index contributed by atoms with van der Waals surface area (Å²) in [6.45, 7) is 3.80. The summed E-state index contributed by atoms with van der Waals surface area (Å²) in [5, 5.41) is 0. The summed E-state index contributed by atoms with van der Waals surface area (Å²) in [5.41, 5.74) is 7.88. The zero-order valence-corrected chi connectivity index (χ0v) is 11.5. The number of nitrogens with one attached hydrogen (secondary N) is 1. The first-order chi connectivity index (χ1) is 9.51. The Morgan fingerprint density at radius 2 is 2.30 bits per heavy atom. The predicted octanol–water partition coefficient (Wildman–Crippen LogP) is -0.111. The summed E-state index contributed by atoms with van der Waals surface area (Å²) in [6, 6.07) is 1.69. The zero-order valence-electron chi connectivity index (χ0n) is 11.5. The molecule has 20 heavy (non-hydrogen) atoms. The van der Waals surface area contributed by atoms with Gasteiger partial charge in [0.25, 0.3) is 5.91 Å². The van der Waals surface area contributed by atoms with Gasteiger partial charge in [-0.15, -0.1) is 0 Å². The fraction of sp³-hybridized carbons (Fsp3) is 0.538. The van der Waals surface area contributed by atoms with Crippen LogP contribution in [0, 0.1) is 12.8 Å². The molecule has 1 fully saturated rings. The molecule has 0 bridgehead atoms. The monoisotopic (exact) mass is 280 g/mol. The molecular weight excluding hydrogens is 260 g/mol. The van der Waals surface area contributed by atoms with Crippen LogP contribution in [0.15, 0.2) is 10.5 Å². The Bertz CT molecular complexity index is 512. The highest BCUT2D eigenvalue weighted by molar-refractivity contribution is 5.94. The van der Waals surface area contributed by atoms with Gasteiger partial charge in [0.05, 0.1) is 18.0 Å². The summed E-state index contributed by atoms with van der Waals surface area (Å²) < 4.78 is 5.56. The van der Waals surface area contributed by atoms with Gasteiger partial charge in [-0.25, -0.2) is 5.84 Å². The number of carbonyl (C=O) groups is 2. The summed E-state index contributed by atoms with van der Waals surface area (Å²) in [4.78, 5) is 24.9. The Morgan fingerprint density at radius 1 is 1.55 bits per heavy atom. The number of hydrazine groups is 1. The molecule has 1 aliphatic heterocycles. The van der Waals surface area contributed by atoms with E-state index in [1.165, 1.54) is 0 Å². The van der Waals surface area contributed by atoms with Crippen molar-refractivity contribution in [2.45, 2.75) is 26.3 Å². The van der Waals surface area contributed by atoms with E-state index >= 15 is 0 Å². The van der Waals surface area contributed by atoms with Gasteiger partial charge in [0.2, 0.25) is 5.91 Å². The van der Waals surface area contributed by atoms with E-state index in [2.05, 4.69) is 10.3 Å². The molecule has 1 aromatic heterocycles. The molecule has 7 nitrogen and oxygen atoms in total. The fourth-order valence-corrected chi connectivity index (χ4v) is 2.58. The van der Waals surface area contributed by atoms with Crippen LogP contribution in [0.1, 0.15) is 34.7 Å². The third-order valence-corrected chi connectivity index (χ3v) is 3.63. The number of rotatable bonds is 4. The molecule has 0 radical (unpaired) electrons. The van der Waals surface area contributed by atoms with E-state index in [0.717, 1.165) is 19.4 Å². The molecule has 1 atom stereocenters. The molecule has 1 unspecified atom stereocenters. The molecule has 2 heterocycles. The van der Waals surface area contributed by atoms with Crippen molar-refractivity contribution in [2.24, 2.45) is 17.5 Å². The topological polar surface area (TPSA) is 115 Å². The van der Waals surface area contributed by atoms with Crippen LogP contribution in [0.3, 0.4) is 0 Å². The SMILES string of the molecule is Cc1oc(CN2CCCC(C(N)=O)C2)cc1C(=O)NN. The van der Waals surface area contributed by atoms with Gasteiger partial charge >= 0.3 is 0 Å². The van der Waals surface area contributed by atoms with Crippen molar-refractivity contribution in [2.75, 3.05) is 13.1 Å². The zero-order chi connectivity index (χ0) is 14.7. The molecule has 1 aliphatic rings. The lowest BCUT2D eigenvalue weighted by Crippen LogP contribution is -2.40. The van der Waals surface area contributed by atoms with E-state index in [0.29, 0.717) is 30.2 Å². The van der Waals surface area contributed by atoms with Crippen LogP contribution in [0.4, 0.5) is 0 Å². The number of amides is 2. The van der Waals surface area contributed by atoms with Crippen LogP contribution in [-0.4, -0.2) is 29.8 Å². The Kier molecular flexibility index (Phi) is 4.41. The minimum absolute atomic E-state index is 0.105. The second kappa shape index (κ2) is 6.06. The summed E-state index contributed by atoms with van der Waals surface area (Å²) in [5.74, 6) is 5.60. The molecule has 2 rings (SSSR count). The van der Waals surface area contributed by atoms with Crippen LogP contribution in [0.25, 0.3) is 0 Å². The number of aryl methyl sites for hydroxylation is 1. The number of likely N-dealkylation sites (tertiary alicyclic amines) is 1. The smallest absolute Gasteiger partial charge is 0.268 e. The highest BCUT2D eigenvalue weighted by Crippen LogP contribution is 2.21. The van der Waals surface area contributed by atoms with Crippen molar-refractivity contribution in [3.8, 4) is 0 Å². The maximum absolute atomic E-state index is 11.5. The Balaban J connectivity index is 2.03. The molecule has 0 aliphatic carbocycles. The van der Waals surface area contributed by atoms with Crippen LogP contribution in [-0.2, 0) is 11.3 Å². The largest absolute Gasteiger partial charge is 0.464 e. The average Bonchev–Trinajstić information content (AvgIpc) is 2.79. The van der Waals surface area contributed by atoms with Crippen molar-refractivity contribution >= 4 is 11.8 Å². The fourth-order valence-electron chi connectivity index (χ4n) is 2.58. The van der Waals surface area contributed by atoms with Gasteiger partial charge in [0, 0.05) is 6.54 Å². The van der Waals surface area contributed by atoms with E-state index in [1.807, 2.05) is 0 Å². The lowest BCUT2D eigenvalue weighted by atomic mass is 9.97. The van der Waals surface area contributed by atoms with E-state index in [9.17, 15) is 9.59 Å². The second-order valence-electron chi connectivity index (χ2n) is 5.13. The molecule has 0 aromatic carbocycles. The number of hydrogen-bond donors (Lipinski definition) is 3. The first kappa shape index (κ1) is 14.5. The number of furan rings is 1. The molecule has 1 aromatic rings. The molecule has 5 N–H and O–H groups in total. The lowest BCUT2D eigenvalue weighted by molar-refractivity contribution is -0.123. The third-order valence-electron chi connectivity index (χ3n) is 3.63. The first-order valence-corrected chi connectivity index (χ1v) is 6.63. The maximum atomic E-state index is 11.5. The first-order valence-electron chi connectivity index (χ1n) is 6.63. The van der Waals surface area contributed by atoms with E-state index in [4.69, 9.17) is 16.0 Å². The molecule has 110 valence electrons. The van der Waals surface area contributed by atoms with Gasteiger partial charge in [0.15, 0.2) is 0 Å². The molecule has 0 saturated carbocycles. The van der Waals surface area contributed by atoms with Crippen molar-refractivity contribution in [3.63, 3.8) is 0 Å². The minimum atomic E-state index is -0.369. The summed E-state index contributed by atoms with van der Waals surface area (Å²) >= 11 is 0. The maximum Gasteiger partial charge on any atom is 0.268 e. The Morgan fingerprint density at radius 3 is 2.95 bits per heavy atom. The number of piperidine rings is 1. The van der Waals surface area contributed by atoms with Crippen LogP contribution in [0.2, 0.25) is 0 Å². The second-order valence-corrected chi connectivity index (χ2v) is 5.13. The van der Waals surface area contributed by atoms with E-state index < -0.39 is 0 Å². The number of nitrogens with zero attached hydrogens (tertiary/aromatic N) is 1. The van der Waals surface area contributed by atoms with Gasteiger partial charge < -0.3 is 10.2 Å². The Hall–Kier alpha value is -1.86. The Labute approximate surface area is 117 Å². The number of nitrogen functional groups attached to an aromatic ring is 1. The lowest BCUT2D eigenvalue weighted by Gasteiger charge is -2.30. The third kappa shape index (κ3) is 3.17. The van der Waals surface area contributed by atoms with Crippen LogP contribution >= 0.6 is 0 Å². The standard InChI is InChI=1S/C13H20N4O3/c1-8-11(13(19)16-15)5-10(20-8)7-17-4-2-3-9(6-17)12(14)18/h5,9H,2-4,6-7,15H2,1H3,(H2,14,18)(H,16,19). The van der Waals surface area contributed by atoms with Crippen molar-refractivity contribution in [3.05, 3.63) is 23.2 Å². The van der Waals surface area contributed by atoms with Gasteiger partial charge in [-0.05, 0) is 32.4 Å². The van der Waals surface area contributed by atoms with Crippen LogP contribution < -0.4 is 17.0 Å². The van der Waals surface area contributed by atoms with Gasteiger partial charge in [0.1, 0.15) is 11.5 Å². The van der Waals surface area contributed by atoms with Crippen LogP contribution in [0.5, 0.6) is 0 Å². The normalized spacial score (nSPS) is 19.8. The van der Waals surface area contributed by atoms with Crippen molar-refractivity contribution in [1.29, 1.82) is 0 Å². The van der Waals surface area contributed by atoms with Crippen molar-refractivity contribution < 1.29 is 14.0 Å². The summed E-state index contributed by atoms with van der Waals surface area (Å²) in [6.07, 6.45) is 1.77. The highest BCUT2D eigenvalue weighted by atomic mass is 16.3. The predicted molar refractivity (Wildman–Crippen MR) is 72.3 cm³/mol. The van der Waals surface area contributed by atoms with Crippen molar-refractivity contribution in [1.82, 2.24) is 10.3 Å². The molecule has 7 heteroatoms. The van der Waals surface area contributed by atoms with E-state index in [-0.39, 0.29) is 17.7 Å². The molecule has 1 saturated heterocycles. The van der Waals surface area contributed by atoms with Gasteiger partial charge in [-0.1, -0.05) is 0 Å².